The Hall–Kier alpha value is -3.48. The predicted molar refractivity (Wildman–Crippen MR) is 102 cm³/mol. The van der Waals surface area contributed by atoms with Crippen LogP contribution in [0.2, 0.25) is 0 Å². The number of nitrogens with one attached hydrogen (secondary N) is 2. The number of aryl methyl sites for hydroxylation is 1. The highest BCUT2D eigenvalue weighted by Gasteiger charge is 2.55. The molecule has 1 unspecified atom stereocenters. The van der Waals surface area contributed by atoms with E-state index < -0.39 is 23.4 Å². The van der Waals surface area contributed by atoms with Crippen molar-refractivity contribution < 1.29 is 19.2 Å². The van der Waals surface area contributed by atoms with E-state index in [1.807, 2.05) is 24.3 Å². The third-order valence-electron chi connectivity index (χ3n) is 5.28. The molecule has 1 aliphatic heterocycles. The monoisotopic (exact) mass is 377 g/mol. The van der Waals surface area contributed by atoms with Crippen molar-refractivity contribution >= 4 is 29.3 Å². The molecule has 1 atom stereocenters. The number of carbonyl (C=O) groups excluding carboxylic acids is 4. The first-order chi connectivity index (χ1) is 13.4. The second-order valence-electron chi connectivity index (χ2n) is 7.07. The summed E-state index contributed by atoms with van der Waals surface area (Å²) in [6.07, 6.45) is 1.18. The van der Waals surface area contributed by atoms with Crippen LogP contribution >= 0.6 is 0 Å². The molecular weight excluding hydrogens is 358 g/mol. The molecule has 1 saturated heterocycles. The van der Waals surface area contributed by atoms with Gasteiger partial charge in [0.1, 0.15) is 12.1 Å². The van der Waals surface area contributed by atoms with Crippen LogP contribution in [-0.4, -0.2) is 35.1 Å². The third-order valence-corrected chi connectivity index (χ3v) is 5.28. The molecule has 1 heterocycles. The summed E-state index contributed by atoms with van der Waals surface area (Å²) in [6, 6.07) is 13.5. The molecule has 0 radical (unpaired) electrons. The second kappa shape index (κ2) is 6.60. The Bertz CT molecular complexity index is 1020. The SMILES string of the molecule is CC(=O)c1cccc(NC(=O)CN2C(=O)NC3(CCc4ccccc43)C2=O)c1. The summed E-state index contributed by atoms with van der Waals surface area (Å²) in [5, 5.41) is 5.43. The zero-order valence-corrected chi connectivity index (χ0v) is 15.3. The quantitative estimate of drug-likeness (QED) is 0.631. The average molecular weight is 377 g/mol. The Morgan fingerprint density at radius 2 is 1.93 bits per heavy atom. The van der Waals surface area contributed by atoms with Gasteiger partial charge in [-0.05, 0) is 43.0 Å². The highest BCUT2D eigenvalue weighted by Crippen LogP contribution is 2.41. The Morgan fingerprint density at radius 3 is 2.71 bits per heavy atom. The van der Waals surface area contributed by atoms with E-state index >= 15 is 0 Å². The number of hydrogen-bond acceptors (Lipinski definition) is 4. The second-order valence-corrected chi connectivity index (χ2v) is 7.07. The Morgan fingerprint density at radius 1 is 1.14 bits per heavy atom. The normalized spacial score (nSPS) is 20.2. The van der Waals surface area contributed by atoms with Crippen molar-refractivity contribution in [3.05, 3.63) is 65.2 Å². The van der Waals surface area contributed by atoms with Crippen LogP contribution < -0.4 is 10.6 Å². The van der Waals surface area contributed by atoms with E-state index in [2.05, 4.69) is 10.6 Å². The van der Waals surface area contributed by atoms with Gasteiger partial charge in [0.05, 0.1) is 0 Å². The Labute approximate surface area is 161 Å². The van der Waals surface area contributed by atoms with E-state index in [1.54, 1.807) is 24.3 Å². The summed E-state index contributed by atoms with van der Waals surface area (Å²) in [5.41, 5.74) is 1.65. The van der Waals surface area contributed by atoms with Gasteiger partial charge in [-0.2, -0.15) is 0 Å². The maximum absolute atomic E-state index is 13.1. The summed E-state index contributed by atoms with van der Waals surface area (Å²) in [7, 11) is 0. The van der Waals surface area contributed by atoms with Crippen molar-refractivity contribution in [3.63, 3.8) is 0 Å². The lowest BCUT2D eigenvalue weighted by Gasteiger charge is -2.22. The maximum atomic E-state index is 13.1. The van der Waals surface area contributed by atoms with Gasteiger partial charge in [-0.25, -0.2) is 4.79 Å². The van der Waals surface area contributed by atoms with Crippen molar-refractivity contribution in [2.45, 2.75) is 25.3 Å². The third kappa shape index (κ3) is 2.85. The van der Waals surface area contributed by atoms with Gasteiger partial charge < -0.3 is 10.6 Å². The fourth-order valence-electron chi connectivity index (χ4n) is 3.89. The molecule has 7 heteroatoms. The van der Waals surface area contributed by atoms with E-state index in [9.17, 15) is 19.2 Å². The van der Waals surface area contributed by atoms with Crippen molar-refractivity contribution in [1.82, 2.24) is 10.2 Å². The lowest BCUT2D eigenvalue weighted by molar-refractivity contribution is -0.134. The Balaban J connectivity index is 1.51. The number of carbonyl (C=O) groups is 4. The molecule has 28 heavy (non-hydrogen) atoms. The number of benzene rings is 2. The minimum atomic E-state index is -1.08. The van der Waals surface area contributed by atoms with Crippen molar-refractivity contribution in [3.8, 4) is 0 Å². The molecule has 142 valence electrons. The minimum Gasteiger partial charge on any atom is -0.325 e. The summed E-state index contributed by atoms with van der Waals surface area (Å²) in [6.45, 7) is 1.05. The van der Waals surface area contributed by atoms with E-state index in [1.165, 1.54) is 6.92 Å². The van der Waals surface area contributed by atoms with Crippen LogP contribution in [0, 0.1) is 0 Å². The molecule has 0 bridgehead atoms. The number of rotatable bonds is 4. The number of urea groups is 1. The molecule has 2 aliphatic rings. The predicted octanol–water partition coefficient (Wildman–Crippen LogP) is 2.22. The molecule has 2 N–H and O–H groups in total. The number of amides is 4. The topological polar surface area (TPSA) is 95.6 Å². The molecular formula is C21H19N3O4. The summed E-state index contributed by atoms with van der Waals surface area (Å²) in [4.78, 5) is 50.4. The number of anilines is 1. The first-order valence-electron chi connectivity index (χ1n) is 9.04. The standard InChI is InChI=1S/C21H19N3O4/c1-13(25)15-6-4-7-16(11-15)22-18(26)12-24-19(27)21(23-20(24)28)10-9-14-5-2-3-8-17(14)21/h2-8,11H,9-10,12H2,1H3,(H,22,26)(H,23,28). The first-order valence-corrected chi connectivity index (χ1v) is 9.04. The highest BCUT2D eigenvalue weighted by atomic mass is 16.2. The lowest BCUT2D eigenvalue weighted by Crippen LogP contribution is -2.43. The Kier molecular flexibility index (Phi) is 4.22. The number of nitrogens with zero attached hydrogens (tertiary/aromatic N) is 1. The van der Waals surface area contributed by atoms with Gasteiger partial charge in [0.15, 0.2) is 5.78 Å². The summed E-state index contributed by atoms with van der Waals surface area (Å²) < 4.78 is 0. The molecule has 1 fully saturated rings. The van der Waals surface area contributed by atoms with Crippen LogP contribution in [0.1, 0.15) is 34.8 Å². The van der Waals surface area contributed by atoms with Crippen LogP contribution in [0.4, 0.5) is 10.5 Å². The number of hydrogen-bond donors (Lipinski definition) is 2. The van der Waals surface area contributed by atoms with Crippen LogP contribution in [0.15, 0.2) is 48.5 Å². The van der Waals surface area contributed by atoms with Crippen LogP contribution in [0.25, 0.3) is 0 Å². The van der Waals surface area contributed by atoms with Crippen molar-refractivity contribution in [2.24, 2.45) is 0 Å². The number of Topliss-reactive ketones (excluding diaryl/α,β-unsaturated/α-hetero) is 1. The molecule has 1 spiro atoms. The molecule has 1 aliphatic carbocycles. The van der Waals surface area contributed by atoms with E-state index in [0.29, 0.717) is 24.1 Å². The van der Waals surface area contributed by atoms with Gasteiger partial charge in [0.25, 0.3) is 5.91 Å². The fourth-order valence-corrected chi connectivity index (χ4v) is 3.89. The molecule has 4 amide bonds. The summed E-state index contributed by atoms with van der Waals surface area (Å²) in [5.74, 6) is -1.03. The van der Waals surface area contributed by atoms with E-state index in [-0.39, 0.29) is 12.3 Å². The van der Waals surface area contributed by atoms with Crippen LogP contribution in [0.5, 0.6) is 0 Å². The molecule has 7 nitrogen and oxygen atoms in total. The van der Waals surface area contributed by atoms with Crippen LogP contribution in [0.3, 0.4) is 0 Å². The smallest absolute Gasteiger partial charge is 0.325 e. The minimum absolute atomic E-state index is 0.118. The number of fused-ring (bicyclic) bond motifs is 2. The first kappa shape index (κ1) is 17.9. The van der Waals surface area contributed by atoms with Crippen LogP contribution in [-0.2, 0) is 21.5 Å². The van der Waals surface area contributed by atoms with E-state index in [4.69, 9.17) is 0 Å². The zero-order chi connectivity index (χ0) is 19.9. The van der Waals surface area contributed by atoms with Gasteiger partial charge in [-0.3, -0.25) is 19.3 Å². The number of ketones is 1. The van der Waals surface area contributed by atoms with Gasteiger partial charge in [0.2, 0.25) is 5.91 Å². The summed E-state index contributed by atoms with van der Waals surface area (Å²) >= 11 is 0. The fraction of sp³-hybridized carbons (Fsp3) is 0.238. The van der Waals surface area contributed by atoms with Crippen molar-refractivity contribution in [1.29, 1.82) is 0 Å². The largest absolute Gasteiger partial charge is 0.325 e. The molecule has 0 aromatic heterocycles. The van der Waals surface area contributed by atoms with Gasteiger partial charge in [0, 0.05) is 11.3 Å². The van der Waals surface area contributed by atoms with E-state index in [0.717, 1.165) is 16.0 Å². The lowest BCUT2D eigenvalue weighted by atomic mass is 9.92. The molecule has 4 rings (SSSR count). The molecule has 2 aromatic rings. The molecule has 2 aromatic carbocycles. The average Bonchev–Trinajstić information content (AvgIpc) is 3.16. The highest BCUT2D eigenvalue weighted by molar-refractivity contribution is 6.11. The van der Waals surface area contributed by atoms with Gasteiger partial charge in [-0.15, -0.1) is 0 Å². The molecule has 0 saturated carbocycles. The van der Waals surface area contributed by atoms with Crippen molar-refractivity contribution in [2.75, 3.05) is 11.9 Å². The number of imide groups is 1. The zero-order valence-electron chi connectivity index (χ0n) is 15.3. The van der Waals surface area contributed by atoms with Gasteiger partial charge in [-0.1, -0.05) is 36.4 Å². The maximum Gasteiger partial charge on any atom is 0.325 e. The van der Waals surface area contributed by atoms with Gasteiger partial charge >= 0.3 is 6.03 Å².